The third kappa shape index (κ3) is 10.3. The highest BCUT2D eigenvalue weighted by Crippen LogP contribution is 2.33. The zero-order valence-electron chi connectivity index (χ0n) is 16.7. The first-order chi connectivity index (χ1) is 12.9. The average molecular weight is 423 g/mol. The number of hydrogen-bond donors (Lipinski definition) is 2. The molecule has 2 N–H and O–H groups in total. The Kier molecular flexibility index (Phi) is 13.0. The normalized spacial score (nSPS) is 19.9. The summed E-state index contributed by atoms with van der Waals surface area (Å²) in [6, 6.07) is 0. The summed E-state index contributed by atoms with van der Waals surface area (Å²) in [5.74, 6) is 2.42. The van der Waals surface area contributed by atoms with Crippen LogP contribution in [0.25, 0.3) is 0 Å². The van der Waals surface area contributed by atoms with Gasteiger partial charge >= 0.3 is 0 Å². The van der Waals surface area contributed by atoms with Gasteiger partial charge in [-0.2, -0.15) is 0 Å². The van der Waals surface area contributed by atoms with Crippen molar-refractivity contribution in [1.29, 1.82) is 0 Å². The van der Waals surface area contributed by atoms with Gasteiger partial charge in [-0.05, 0) is 11.8 Å². The maximum absolute atomic E-state index is 10.2. The summed E-state index contributed by atoms with van der Waals surface area (Å²) in [6.07, 6.45) is 6.80. The molecule has 6 nitrogen and oxygen atoms in total. The number of thioether (sulfide) groups is 2. The van der Waals surface area contributed by atoms with Gasteiger partial charge in [0.05, 0.1) is 17.3 Å². The number of ether oxygens (including phenoxy) is 4. The molecule has 0 saturated carbocycles. The molecular weight excluding hydrogens is 388 g/mol. The van der Waals surface area contributed by atoms with Gasteiger partial charge in [-0.15, -0.1) is 23.5 Å². The SMILES string of the molecule is COCO[C@@H]([C@H](O)CO)[C@H](CC(C)(C)/C=C/C=C/C1SCCS1)OCOC. The minimum atomic E-state index is -1.07. The number of hydrogen-bond acceptors (Lipinski definition) is 8. The highest BCUT2D eigenvalue weighted by molar-refractivity contribution is 8.20. The molecule has 1 fully saturated rings. The van der Waals surface area contributed by atoms with Gasteiger partial charge in [0.2, 0.25) is 0 Å². The molecule has 3 atom stereocenters. The first kappa shape index (κ1) is 25.0. The van der Waals surface area contributed by atoms with E-state index in [2.05, 4.69) is 38.2 Å². The fourth-order valence-corrected chi connectivity index (χ4v) is 5.29. The van der Waals surface area contributed by atoms with Crippen LogP contribution in [0.2, 0.25) is 0 Å². The lowest BCUT2D eigenvalue weighted by Gasteiger charge is -2.34. The second kappa shape index (κ2) is 14.0. The van der Waals surface area contributed by atoms with Crippen LogP contribution < -0.4 is 0 Å². The lowest BCUT2D eigenvalue weighted by Crippen LogP contribution is -2.45. The van der Waals surface area contributed by atoms with E-state index in [9.17, 15) is 10.2 Å². The third-order valence-corrected chi connectivity index (χ3v) is 6.94. The van der Waals surface area contributed by atoms with E-state index >= 15 is 0 Å². The van der Waals surface area contributed by atoms with Gasteiger partial charge in [-0.3, -0.25) is 0 Å². The first-order valence-corrected chi connectivity index (χ1v) is 11.1. The van der Waals surface area contributed by atoms with E-state index in [1.54, 1.807) is 7.11 Å². The van der Waals surface area contributed by atoms with Crippen molar-refractivity contribution in [3.05, 3.63) is 24.3 Å². The number of allylic oxidation sites excluding steroid dienone is 3. The molecule has 0 amide bonds. The zero-order valence-corrected chi connectivity index (χ0v) is 18.3. The third-order valence-electron chi connectivity index (χ3n) is 4.01. The molecule has 1 heterocycles. The van der Waals surface area contributed by atoms with Gasteiger partial charge in [-0.25, -0.2) is 0 Å². The average Bonchev–Trinajstić information content (AvgIpc) is 3.16. The van der Waals surface area contributed by atoms with Crippen LogP contribution in [0.3, 0.4) is 0 Å². The van der Waals surface area contributed by atoms with E-state index in [-0.39, 0.29) is 19.0 Å². The van der Waals surface area contributed by atoms with Crippen molar-refractivity contribution < 1.29 is 29.2 Å². The Morgan fingerprint density at radius 2 is 1.70 bits per heavy atom. The molecule has 8 heteroatoms. The van der Waals surface area contributed by atoms with Crippen LogP contribution in [0.4, 0.5) is 0 Å². The van der Waals surface area contributed by atoms with E-state index < -0.39 is 24.9 Å². The zero-order chi connectivity index (χ0) is 20.1. The largest absolute Gasteiger partial charge is 0.394 e. The maximum atomic E-state index is 10.2. The lowest BCUT2D eigenvalue weighted by atomic mass is 9.84. The summed E-state index contributed by atoms with van der Waals surface area (Å²) in [5, 5.41) is 19.5. The number of methoxy groups -OCH3 is 2. The molecule has 0 radical (unpaired) electrons. The van der Waals surface area contributed by atoms with Gasteiger partial charge in [0.15, 0.2) is 0 Å². The van der Waals surface area contributed by atoms with Crippen molar-refractivity contribution in [2.75, 3.05) is 45.9 Å². The standard InChI is InChI=1S/C19H34O6S2/c1-19(2,8-6-5-7-17-26-9-10-27-17)11-16(24-13-22-3)18(15(21)12-20)25-14-23-4/h5-8,15-18,20-21H,9-14H2,1-4H3/b7-5+,8-6+/t15-,16+,18+/m1/s1. The number of aliphatic hydroxyl groups is 2. The van der Waals surface area contributed by atoms with Crippen LogP contribution >= 0.6 is 23.5 Å². The number of rotatable bonds is 14. The smallest absolute Gasteiger partial charge is 0.146 e. The van der Waals surface area contributed by atoms with Crippen LogP contribution in [-0.4, -0.2) is 79.0 Å². The molecule has 0 aliphatic carbocycles. The van der Waals surface area contributed by atoms with Crippen molar-refractivity contribution in [2.24, 2.45) is 5.41 Å². The molecular formula is C19H34O6S2. The molecule has 0 spiro atoms. The number of aliphatic hydroxyl groups excluding tert-OH is 2. The highest BCUT2D eigenvalue weighted by atomic mass is 32.2. The fourth-order valence-electron chi connectivity index (χ4n) is 2.69. The Morgan fingerprint density at radius 3 is 2.30 bits per heavy atom. The van der Waals surface area contributed by atoms with Crippen LogP contribution in [0.15, 0.2) is 24.3 Å². The monoisotopic (exact) mass is 422 g/mol. The van der Waals surface area contributed by atoms with Gasteiger partial charge in [0, 0.05) is 25.7 Å². The predicted molar refractivity (Wildman–Crippen MR) is 112 cm³/mol. The molecule has 1 rings (SSSR count). The van der Waals surface area contributed by atoms with E-state index in [1.807, 2.05) is 23.5 Å². The highest BCUT2D eigenvalue weighted by Gasteiger charge is 2.33. The van der Waals surface area contributed by atoms with Crippen LogP contribution in [0, 0.1) is 5.41 Å². The van der Waals surface area contributed by atoms with Crippen LogP contribution in [0.1, 0.15) is 20.3 Å². The molecule has 1 saturated heterocycles. The second-order valence-corrected chi connectivity index (χ2v) is 9.74. The van der Waals surface area contributed by atoms with Crippen molar-refractivity contribution in [3.8, 4) is 0 Å². The second-order valence-electron chi connectivity index (χ2n) is 6.95. The molecule has 0 aromatic carbocycles. The molecule has 1 aliphatic rings. The summed E-state index contributed by atoms with van der Waals surface area (Å²) in [5.41, 5.74) is -0.206. The van der Waals surface area contributed by atoms with Crippen molar-refractivity contribution in [3.63, 3.8) is 0 Å². The Bertz CT molecular complexity index is 438. The van der Waals surface area contributed by atoms with Crippen molar-refractivity contribution in [2.45, 2.75) is 43.2 Å². The maximum Gasteiger partial charge on any atom is 0.146 e. The Labute approximate surface area is 171 Å². The van der Waals surface area contributed by atoms with E-state index in [1.165, 1.54) is 18.6 Å². The predicted octanol–water partition coefficient (Wildman–Crippen LogP) is 2.65. The van der Waals surface area contributed by atoms with Gasteiger partial charge in [0.1, 0.15) is 25.8 Å². The Balaban J connectivity index is 2.74. The molecule has 158 valence electrons. The first-order valence-electron chi connectivity index (χ1n) is 9.02. The van der Waals surface area contributed by atoms with Gasteiger partial charge in [0.25, 0.3) is 0 Å². The summed E-state index contributed by atoms with van der Waals surface area (Å²) < 4.78 is 21.9. The van der Waals surface area contributed by atoms with Crippen molar-refractivity contribution in [1.82, 2.24) is 0 Å². The summed E-state index contributed by atoms with van der Waals surface area (Å²) in [6.45, 7) is 3.85. The lowest BCUT2D eigenvalue weighted by molar-refractivity contribution is -0.195. The molecule has 0 aromatic rings. The molecule has 27 heavy (non-hydrogen) atoms. The topological polar surface area (TPSA) is 77.4 Å². The minimum Gasteiger partial charge on any atom is -0.394 e. The quantitative estimate of drug-likeness (QED) is 0.327. The summed E-state index contributed by atoms with van der Waals surface area (Å²) in [4.78, 5) is 0. The van der Waals surface area contributed by atoms with E-state index in [0.29, 0.717) is 11.0 Å². The molecule has 0 unspecified atom stereocenters. The van der Waals surface area contributed by atoms with Crippen molar-refractivity contribution >= 4 is 23.5 Å². The minimum absolute atomic E-state index is 0.00426. The fraction of sp³-hybridized carbons (Fsp3) is 0.789. The van der Waals surface area contributed by atoms with Crippen LogP contribution in [-0.2, 0) is 18.9 Å². The van der Waals surface area contributed by atoms with Gasteiger partial charge < -0.3 is 29.2 Å². The molecule has 0 bridgehead atoms. The Morgan fingerprint density at radius 1 is 1.07 bits per heavy atom. The van der Waals surface area contributed by atoms with Crippen LogP contribution in [0.5, 0.6) is 0 Å². The Hall–Kier alpha value is -0.0600. The summed E-state index contributed by atoms with van der Waals surface area (Å²) in [7, 11) is 3.05. The molecule has 0 aromatic heterocycles. The summed E-state index contributed by atoms with van der Waals surface area (Å²) >= 11 is 3.93. The molecule has 1 aliphatic heterocycles. The van der Waals surface area contributed by atoms with E-state index in [0.717, 1.165) is 0 Å². The van der Waals surface area contributed by atoms with E-state index in [4.69, 9.17) is 18.9 Å². The van der Waals surface area contributed by atoms with Gasteiger partial charge in [-0.1, -0.05) is 38.2 Å².